The number of nitrogens with zero attached hydrogens (tertiary/aromatic N) is 1. The highest BCUT2D eigenvalue weighted by Crippen LogP contribution is 2.23. The molecule has 0 saturated heterocycles. The lowest BCUT2D eigenvalue weighted by molar-refractivity contribution is 0.422. The lowest BCUT2D eigenvalue weighted by Crippen LogP contribution is -1.80. The second-order valence-corrected chi connectivity index (χ2v) is 2.92. The van der Waals surface area contributed by atoms with Crippen LogP contribution in [0.25, 0.3) is 11.3 Å². The zero-order valence-corrected chi connectivity index (χ0v) is 7.25. The molecule has 66 valence electrons. The summed E-state index contributed by atoms with van der Waals surface area (Å²) in [6.07, 6.45) is 1.45. The van der Waals surface area contributed by atoms with Crippen LogP contribution in [0.2, 0.25) is 5.02 Å². The van der Waals surface area contributed by atoms with Crippen LogP contribution in [-0.4, -0.2) is 5.16 Å². The number of benzene rings is 1. The summed E-state index contributed by atoms with van der Waals surface area (Å²) in [5.74, 6) is -0.436. The van der Waals surface area contributed by atoms with E-state index in [4.69, 9.17) is 11.6 Å². The third kappa shape index (κ3) is 1.55. The van der Waals surface area contributed by atoms with E-state index in [0.29, 0.717) is 5.69 Å². The van der Waals surface area contributed by atoms with Crippen molar-refractivity contribution in [2.24, 2.45) is 0 Å². The van der Waals surface area contributed by atoms with E-state index in [-0.39, 0.29) is 5.02 Å². The van der Waals surface area contributed by atoms with Gasteiger partial charge in [-0.1, -0.05) is 16.8 Å². The van der Waals surface area contributed by atoms with E-state index < -0.39 is 5.82 Å². The third-order valence-corrected chi connectivity index (χ3v) is 1.94. The third-order valence-electron chi connectivity index (χ3n) is 1.65. The molecule has 0 unspecified atom stereocenters. The Morgan fingerprint density at radius 3 is 2.77 bits per heavy atom. The van der Waals surface area contributed by atoms with Crippen LogP contribution in [0.1, 0.15) is 0 Å². The summed E-state index contributed by atoms with van der Waals surface area (Å²) in [5.41, 5.74) is 1.38. The molecule has 0 saturated carbocycles. The maximum atomic E-state index is 12.8. The quantitative estimate of drug-likeness (QED) is 0.702. The summed E-state index contributed by atoms with van der Waals surface area (Å²) in [5, 5.41) is 3.78. The first kappa shape index (κ1) is 8.26. The van der Waals surface area contributed by atoms with Crippen molar-refractivity contribution in [3.05, 3.63) is 41.4 Å². The van der Waals surface area contributed by atoms with Gasteiger partial charge < -0.3 is 4.52 Å². The van der Waals surface area contributed by atoms with Gasteiger partial charge in [-0.25, -0.2) is 4.39 Å². The number of rotatable bonds is 1. The van der Waals surface area contributed by atoms with Crippen molar-refractivity contribution < 1.29 is 8.91 Å². The Balaban J connectivity index is 2.49. The SMILES string of the molecule is Fc1ccc(-c2ccon2)cc1Cl. The molecule has 0 radical (unpaired) electrons. The Morgan fingerprint density at radius 1 is 1.31 bits per heavy atom. The Kier molecular flexibility index (Phi) is 2.02. The minimum absolute atomic E-state index is 0.0838. The molecule has 0 fully saturated rings. The summed E-state index contributed by atoms with van der Waals surface area (Å²) in [6, 6.07) is 6.09. The molecule has 1 heterocycles. The van der Waals surface area contributed by atoms with Crippen molar-refractivity contribution in [3.63, 3.8) is 0 Å². The molecule has 13 heavy (non-hydrogen) atoms. The first-order valence-electron chi connectivity index (χ1n) is 3.63. The molecular formula is C9H5ClFNO. The number of aromatic nitrogens is 1. The largest absolute Gasteiger partial charge is 0.364 e. The van der Waals surface area contributed by atoms with Crippen LogP contribution in [0.4, 0.5) is 4.39 Å². The summed E-state index contributed by atoms with van der Waals surface area (Å²) in [6.45, 7) is 0. The monoisotopic (exact) mass is 197 g/mol. The lowest BCUT2D eigenvalue weighted by atomic mass is 10.1. The first-order chi connectivity index (χ1) is 6.27. The van der Waals surface area contributed by atoms with Crippen LogP contribution in [0, 0.1) is 5.82 Å². The van der Waals surface area contributed by atoms with Crippen LogP contribution >= 0.6 is 11.6 Å². The molecule has 0 spiro atoms. The minimum Gasteiger partial charge on any atom is -0.364 e. The van der Waals surface area contributed by atoms with Gasteiger partial charge in [0.1, 0.15) is 17.8 Å². The van der Waals surface area contributed by atoms with Crippen LogP contribution in [0.15, 0.2) is 35.1 Å². The fraction of sp³-hybridized carbons (Fsp3) is 0. The molecule has 0 aliphatic carbocycles. The summed E-state index contributed by atoms with van der Waals surface area (Å²) in [7, 11) is 0. The van der Waals surface area contributed by atoms with E-state index >= 15 is 0 Å². The molecule has 0 N–H and O–H groups in total. The van der Waals surface area contributed by atoms with Gasteiger partial charge in [0.25, 0.3) is 0 Å². The van der Waals surface area contributed by atoms with Crippen LogP contribution in [-0.2, 0) is 0 Å². The van der Waals surface area contributed by atoms with Crippen molar-refractivity contribution in [1.29, 1.82) is 0 Å². The van der Waals surface area contributed by atoms with Gasteiger partial charge in [0.15, 0.2) is 0 Å². The van der Waals surface area contributed by atoms with Crippen LogP contribution in [0.3, 0.4) is 0 Å². The van der Waals surface area contributed by atoms with Crippen molar-refractivity contribution >= 4 is 11.6 Å². The Hall–Kier alpha value is -1.35. The molecule has 0 aliphatic heterocycles. The maximum absolute atomic E-state index is 12.8. The van der Waals surface area contributed by atoms with Gasteiger partial charge in [-0.3, -0.25) is 0 Å². The fourth-order valence-corrected chi connectivity index (χ4v) is 1.20. The highest BCUT2D eigenvalue weighted by molar-refractivity contribution is 6.31. The van der Waals surface area contributed by atoms with Gasteiger partial charge in [-0.05, 0) is 18.2 Å². The van der Waals surface area contributed by atoms with Gasteiger partial charge in [0.2, 0.25) is 0 Å². The van der Waals surface area contributed by atoms with E-state index in [1.54, 1.807) is 12.1 Å². The molecule has 2 rings (SSSR count). The van der Waals surface area contributed by atoms with Gasteiger partial charge in [0, 0.05) is 11.6 Å². The maximum Gasteiger partial charge on any atom is 0.141 e. The van der Waals surface area contributed by atoms with Crippen molar-refractivity contribution in [2.45, 2.75) is 0 Å². The average Bonchev–Trinajstić information content (AvgIpc) is 2.62. The van der Waals surface area contributed by atoms with Gasteiger partial charge in [-0.2, -0.15) is 0 Å². The van der Waals surface area contributed by atoms with Gasteiger partial charge in [0.05, 0.1) is 5.02 Å². The highest BCUT2D eigenvalue weighted by atomic mass is 35.5. The van der Waals surface area contributed by atoms with E-state index in [2.05, 4.69) is 9.68 Å². The molecule has 2 nitrogen and oxygen atoms in total. The average molecular weight is 198 g/mol. The Labute approximate surface area is 78.9 Å². The van der Waals surface area contributed by atoms with Gasteiger partial charge >= 0.3 is 0 Å². The highest BCUT2D eigenvalue weighted by Gasteiger charge is 2.04. The van der Waals surface area contributed by atoms with E-state index in [1.807, 2.05) is 0 Å². The second kappa shape index (κ2) is 3.18. The predicted octanol–water partition coefficient (Wildman–Crippen LogP) is 3.13. The lowest BCUT2D eigenvalue weighted by Gasteiger charge is -1.96. The van der Waals surface area contributed by atoms with Crippen molar-refractivity contribution in [1.82, 2.24) is 5.16 Å². The Bertz CT molecular complexity index is 414. The van der Waals surface area contributed by atoms with Crippen molar-refractivity contribution in [2.75, 3.05) is 0 Å². The van der Waals surface area contributed by atoms with E-state index in [9.17, 15) is 4.39 Å². The zero-order valence-electron chi connectivity index (χ0n) is 6.50. The van der Waals surface area contributed by atoms with Crippen molar-refractivity contribution in [3.8, 4) is 11.3 Å². The standard InChI is InChI=1S/C9H5ClFNO/c10-7-5-6(1-2-8(7)11)9-3-4-13-12-9/h1-5H. The summed E-state index contributed by atoms with van der Waals surface area (Å²) in [4.78, 5) is 0. The minimum atomic E-state index is -0.436. The van der Waals surface area contributed by atoms with Crippen LogP contribution in [0.5, 0.6) is 0 Å². The van der Waals surface area contributed by atoms with Gasteiger partial charge in [-0.15, -0.1) is 0 Å². The predicted molar refractivity (Wildman–Crippen MR) is 46.9 cm³/mol. The van der Waals surface area contributed by atoms with E-state index in [1.165, 1.54) is 18.4 Å². The summed E-state index contributed by atoms with van der Waals surface area (Å²) < 4.78 is 17.4. The Morgan fingerprint density at radius 2 is 2.15 bits per heavy atom. The molecule has 2 aromatic rings. The molecule has 0 amide bonds. The summed E-state index contributed by atoms with van der Waals surface area (Å²) >= 11 is 5.60. The number of hydrogen-bond donors (Lipinski definition) is 0. The molecule has 0 atom stereocenters. The topological polar surface area (TPSA) is 26.0 Å². The molecule has 0 bridgehead atoms. The second-order valence-electron chi connectivity index (χ2n) is 2.51. The van der Waals surface area contributed by atoms with E-state index in [0.717, 1.165) is 5.56 Å². The fourth-order valence-electron chi connectivity index (χ4n) is 1.02. The smallest absolute Gasteiger partial charge is 0.141 e. The molecule has 1 aromatic heterocycles. The molecular weight excluding hydrogens is 193 g/mol. The number of halogens is 2. The first-order valence-corrected chi connectivity index (χ1v) is 4.01. The normalized spacial score (nSPS) is 10.3. The molecule has 4 heteroatoms. The molecule has 0 aliphatic rings. The molecule has 1 aromatic carbocycles. The van der Waals surface area contributed by atoms with Crippen LogP contribution < -0.4 is 0 Å². The zero-order chi connectivity index (χ0) is 9.26. The number of hydrogen-bond acceptors (Lipinski definition) is 2.